The fraction of sp³-hybridized carbons (Fsp3) is 0.0769. The van der Waals surface area contributed by atoms with Gasteiger partial charge in [-0.05, 0) is 41.5 Å². The summed E-state index contributed by atoms with van der Waals surface area (Å²) in [5.74, 6) is 5.24. The molecule has 0 amide bonds. The molecule has 2 rings (SSSR count). The predicted molar refractivity (Wildman–Crippen MR) is 74.7 cm³/mol. The number of halogens is 3. The van der Waals surface area contributed by atoms with Crippen molar-refractivity contribution in [2.45, 2.75) is 6.04 Å². The zero-order valence-electron chi connectivity index (χ0n) is 9.33. The van der Waals surface area contributed by atoms with Gasteiger partial charge in [0.1, 0.15) is 5.82 Å². The molecule has 0 saturated carbocycles. The lowest BCUT2D eigenvalue weighted by atomic mass is 9.99. The summed E-state index contributed by atoms with van der Waals surface area (Å²) in [6, 6.07) is 11.6. The molecule has 3 N–H and O–H groups in total. The van der Waals surface area contributed by atoms with Crippen LogP contribution in [0.2, 0.25) is 5.02 Å². The lowest BCUT2D eigenvalue weighted by molar-refractivity contribution is 0.604. The zero-order chi connectivity index (χ0) is 13.1. The largest absolute Gasteiger partial charge is 0.271 e. The van der Waals surface area contributed by atoms with E-state index in [-0.39, 0.29) is 11.9 Å². The second kappa shape index (κ2) is 5.80. The Morgan fingerprint density at radius 2 is 1.94 bits per heavy atom. The average molecular weight is 330 g/mol. The summed E-state index contributed by atoms with van der Waals surface area (Å²) in [4.78, 5) is 0. The van der Waals surface area contributed by atoms with E-state index in [9.17, 15) is 4.39 Å². The van der Waals surface area contributed by atoms with Crippen molar-refractivity contribution in [2.24, 2.45) is 5.84 Å². The lowest BCUT2D eigenvalue weighted by Crippen LogP contribution is -2.28. The molecule has 1 unspecified atom stereocenters. The van der Waals surface area contributed by atoms with Gasteiger partial charge in [0.15, 0.2) is 0 Å². The van der Waals surface area contributed by atoms with Gasteiger partial charge in [0, 0.05) is 9.50 Å². The standard InChI is InChI=1S/C13H11BrClFN2/c14-10-4-9(6-12(16)7-10)13(18-17)8-2-1-3-11(15)5-8/h1-7,13,18H,17H2. The molecular formula is C13H11BrClFN2. The number of hydrogen-bond donors (Lipinski definition) is 2. The molecule has 0 bridgehead atoms. The normalized spacial score (nSPS) is 12.4. The first kappa shape index (κ1) is 13.5. The second-order valence-electron chi connectivity index (χ2n) is 3.86. The van der Waals surface area contributed by atoms with E-state index in [1.165, 1.54) is 12.1 Å². The van der Waals surface area contributed by atoms with Gasteiger partial charge in [0.2, 0.25) is 0 Å². The van der Waals surface area contributed by atoms with Gasteiger partial charge in [-0.15, -0.1) is 0 Å². The summed E-state index contributed by atoms with van der Waals surface area (Å²) in [5.41, 5.74) is 4.28. The maximum absolute atomic E-state index is 13.4. The molecule has 0 spiro atoms. The van der Waals surface area contributed by atoms with Gasteiger partial charge in [-0.25, -0.2) is 9.82 Å². The first-order chi connectivity index (χ1) is 8.60. The Morgan fingerprint density at radius 3 is 2.56 bits per heavy atom. The highest BCUT2D eigenvalue weighted by Gasteiger charge is 2.14. The van der Waals surface area contributed by atoms with Gasteiger partial charge in [-0.2, -0.15) is 0 Å². The Balaban J connectivity index is 2.45. The molecular weight excluding hydrogens is 319 g/mol. The fourth-order valence-electron chi connectivity index (χ4n) is 1.81. The van der Waals surface area contributed by atoms with Crippen molar-refractivity contribution in [1.29, 1.82) is 0 Å². The van der Waals surface area contributed by atoms with E-state index in [2.05, 4.69) is 21.4 Å². The van der Waals surface area contributed by atoms with Gasteiger partial charge in [0.25, 0.3) is 0 Å². The molecule has 0 saturated heterocycles. The molecule has 18 heavy (non-hydrogen) atoms. The summed E-state index contributed by atoms with van der Waals surface area (Å²) in [6.07, 6.45) is 0. The molecule has 94 valence electrons. The topological polar surface area (TPSA) is 38.0 Å². The van der Waals surface area contributed by atoms with Crippen LogP contribution in [0.15, 0.2) is 46.9 Å². The molecule has 5 heteroatoms. The Kier molecular flexibility index (Phi) is 4.35. The molecule has 0 fully saturated rings. The monoisotopic (exact) mass is 328 g/mol. The van der Waals surface area contributed by atoms with E-state index < -0.39 is 0 Å². The van der Waals surface area contributed by atoms with E-state index in [4.69, 9.17) is 17.4 Å². The smallest absolute Gasteiger partial charge is 0.124 e. The highest BCUT2D eigenvalue weighted by molar-refractivity contribution is 9.10. The van der Waals surface area contributed by atoms with E-state index in [0.717, 1.165) is 11.1 Å². The molecule has 2 aromatic carbocycles. The van der Waals surface area contributed by atoms with Gasteiger partial charge in [-0.3, -0.25) is 5.84 Å². The molecule has 0 aliphatic carbocycles. The highest BCUT2D eigenvalue weighted by atomic mass is 79.9. The van der Waals surface area contributed by atoms with Crippen molar-refractivity contribution in [3.8, 4) is 0 Å². The molecule has 0 aliphatic rings. The molecule has 0 aromatic heterocycles. The van der Waals surface area contributed by atoms with Crippen molar-refractivity contribution >= 4 is 27.5 Å². The Labute approximate surface area is 118 Å². The number of hydrazine groups is 1. The van der Waals surface area contributed by atoms with Crippen LogP contribution in [0.1, 0.15) is 17.2 Å². The lowest BCUT2D eigenvalue weighted by Gasteiger charge is -2.17. The Morgan fingerprint density at radius 1 is 1.17 bits per heavy atom. The van der Waals surface area contributed by atoms with E-state index in [1.807, 2.05) is 18.2 Å². The molecule has 0 heterocycles. The van der Waals surface area contributed by atoms with E-state index in [1.54, 1.807) is 12.1 Å². The molecule has 0 aliphatic heterocycles. The van der Waals surface area contributed by atoms with Crippen molar-refractivity contribution in [1.82, 2.24) is 5.43 Å². The fourth-order valence-corrected chi connectivity index (χ4v) is 2.49. The first-order valence-corrected chi connectivity index (χ1v) is 6.45. The number of nitrogens with two attached hydrogens (primary N) is 1. The van der Waals surface area contributed by atoms with Gasteiger partial charge in [0.05, 0.1) is 6.04 Å². The van der Waals surface area contributed by atoms with Crippen molar-refractivity contribution in [3.05, 3.63) is 68.9 Å². The van der Waals surface area contributed by atoms with Crippen LogP contribution >= 0.6 is 27.5 Å². The maximum atomic E-state index is 13.4. The van der Waals surface area contributed by atoms with Gasteiger partial charge < -0.3 is 0 Å². The third kappa shape index (κ3) is 3.09. The van der Waals surface area contributed by atoms with Crippen molar-refractivity contribution < 1.29 is 4.39 Å². The highest BCUT2D eigenvalue weighted by Crippen LogP contribution is 2.26. The summed E-state index contributed by atoms with van der Waals surface area (Å²) in [5, 5.41) is 0.614. The minimum Gasteiger partial charge on any atom is -0.271 e. The Hall–Kier alpha value is -0.940. The van der Waals surface area contributed by atoms with E-state index >= 15 is 0 Å². The second-order valence-corrected chi connectivity index (χ2v) is 5.21. The quantitative estimate of drug-likeness (QED) is 0.664. The van der Waals surface area contributed by atoms with E-state index in [0.29, 0.717) is 9.50 Å². The third-order valence-electron chi connectivity index (χ3n) is 2.57. The first-order valence-electron chi connectivity index (χ1n) is 5.28. The summed E-state index contributed by atoms with van der Waals surface area (Å²) >= 11 is 9.21. The van der Waals surface area contributed by atoms with Crippen LogP contribution in [0.25, 0.3) is 0 Å². The van der Waals surface area contributed by atoms with Crippen LogP contribution in [0.5, 0.6) is 0 Å². The minimum absolute atomic E-state index is 0.310. The summed E-state index contributed by atoms with van der Waals surface area (Å²) in [7, 11) is 0. The van der Waals surface area contributed by atoms with Crippen molar-refractivity contribution in [3.63, 3.8) is 0 Å². The number of rotatable bonds is 3. The van der Waals surface area contributed by atoms with Crippen LogP contribution in [0, 0.1) is 5.82 Å². The van der Waals surface area contributed by atoms with Crippen molar-refractivity contribution in [2.75, 3.05) is 0 Å². The Bertz CT molecular complexity index is 542. The molecule has 2 nitrogen and oxygen atoms in total. The zero-order valence-corrected chi connectivity index (χ0v) is 11.7. The summed E-state index contributed by atoms with van der Waals surface area (Å²) in [6.45, 7) is 0. The van der Waals surface area contributed by atoms with Gasteiger partial charge >= 0.3 is 0 Å². The van der Waals surface area contributed by atoms with Crippen LogP contribution in [0.4, 0.5) is 4.39 Å². The number of hydrogen-bond acceptors (Lipinski definition) is 2. The number of nitrogens with one attached hydrogen (secondary N) is 1. The predicted octanol–water partition coefficient (Wildman–Crippen LogP) is 3.79. The molecule has 2 aromatic rings. The minimum atomic E-state index is -0.318. The summed E-state index contributed by atoms with van der Waals surface area (Å²) < 4.78 is 14.1. The average Bonchev–Trinajstić information content (AvgIpc) is 2.28. The molecule has 1 atom stereocenters. The molecule has 0 radical (unpaired) electrons. The SMILES string of the molecule is NNC(c1cccc(Cl)c1)c1cc(F)cc(Br)c1. The van der Waals surface area contributed by atoms with Crippen LogP contribution in [-0.4, -0.2) is 0 Å². The van der Waals surface area contributed by atoms with Crippen LogP contribution in [-0.2, 0) is 0 Å². The number of benzene rings is 2. The van der Waals surface area contributed by atoms with Crippen LogP contribution < -0.4 is 11.3 Å². The maximum Gasteiger partial charge on any atom is 0.124 e. The third-order valence-corrected chi connectivity index (χ3v) is 3.26. The van der Waals surface area contributed by atoms with Crippen LogP contribution in [0.3, 0.4) is 0 Å². The van der Waals surface area contributed by atoms with Gasteiger partial charge in [-0.1, -0.05) is 39.7 Å².